The molecule has 0 unspecified atom stereocenters. The van der Waals surface area contributed by atoms with Crippen molar-refractivity contribution in [2.75, 3.05) is 5.32 Å². The molecular weight excluding hydrogens is 322 g/mol. The molecule has 1 amide bonds. The molecule has 0 saturated heterocycles. The minimum atomic E-state index is -0.0637. The van der Waals surface area contributed by atoms with Crippen LogP contribution in [0.1, 0.15) is 36.8 Å². The first kappa shape index (κ1) is 15.1. The number of carbonyl (C=O) groups is 1. The number of amides is 1. The van der Waals surface area contributed by atoms with Crippen molar-refractivity contribution < 1.29 is 9.21 Å². The molecule has 0 spiro atoms. The molecule has 1 fully saturated rings. The number of hydrogen-bond acceptors (Lipinski definition) is 5. The normalized spacial score (nSPS) is 13.8. The third-order valence-electron chi connectivity index (χ3n) is 3.94. The molecule has 1 N–H and O–H groups in total. The van der Waals surface area contributed by atoms with Gasteiger partial charge in [-0.25, -0.2) is 9.97 Å². The van der Waals surface area contributed by atoms with Crippen LogP contribution in [-0.2, 0) is 11.2 Å². The molecule has 0 aliphatic heterocycles. The summed E-state index contributed by atoms with van der Waals surface area (Å²) in [5, 5.41) is 5.57. The lowest BCUT2D eigenvalue weighted by Gasteiger charge is -2.00. The molecule has 2 aromatic heterocycles. The van der Waals surface area contributed by atoms with Crippen LogP contribution in [0.15, 0.2) is 46.3 Å². The van der Waals surface area contributed by atoms with Crippen LogP contribution in [0.3, 0.4) is 0 Å². The Labute approximate surface area is 143 Å². The average Bonchev–Trinajstić information content (AvgIpc) is 3.17. The summed E-state index contributed by atoms with van der Waals surface area (Å²) in [4.78, 5) is 20.7. The topological polar surface area (TPSA) is 68.0 Å². The standard InChI is InChI=1S/C18H17N3O2S/c22-16(21-18-20-14(11-24-18)12-6-7-12)8-9-17-19-10-15(23-17)13-4-2-1-3-5-13/h1-5,10-12H,6-9H2,(H,20,21,22). The molecule has 24 heavy (non-hydrogen) atoms. The number of nitrogens with zero attached hydrogens (tertiary/aromatic N) is 2. The summed E-state index contributed by atoms with van der Waals surface area (Å²) in [5.74, 6) is 1.84. The van der Waals surface area contributed by atoms with Gasteiger partial charge in [0.1, 0.15) is 0 Å². The zero-order valence-corrected chi connectivity index (χ0v) is 13.9. The molecule has 1 aliphatic rings. The fourth-order valence-corrected chi connectivity index (χ4v) is 3.28. The van der Waals surface area contributed by atoms with Gasteiger partial charge in [0, 0.05) is 29.7 Å². The summed E-state index contributed by atoms with van der Waals surface area (Å²) in [6, 6.07) is 9.80. The third-order valence-corrected chi connectivity index (χ3v) is 4.72. The molecule has 0 radical (unpaired) electrons. The second-order valence-electron chi connectivity index (χ2n) is 5.88. The van der Waals surface area contributed by atoms with Gasteiger partial charge in [-0.2, -0.15) is 0 Å². The van der Waals surface area contributed by atoms with Gasteiger partial charge >= 0.3 is 0 Å². The summed E-state index contributed by atoms with van der Waals surface area (Å²) in [6.07, 6.45) is 4.92. The van der Waals surface area contributed by atoms with E-state index in [9.17, 15) is 4.79 Å². The van der Waals surface area contributed by atoms with Crippen molar-refractivity contribution in [3.05, 3.63) is 53.5 Å². The monoisotopic (exact) mass is 339 g/mol. The van der Waals surface area contributed by atoms with E-state index in [2.05, 4.69) is 15.3 Å². The van der Waals surface area contributed by atoms with Crippen LogP contribution < -0.4 is 5.32 Å². The lowest BCUT2D eigenvalue weighted by atomic mass is 10.2. The van der Waals surface area contributed by atoms with E-state index in [0.717, 1.165) is 17.0 Å². The zero-order valence-electron chi connectivity index (χ0n) is 13.1. The van der Waals surface area contributed by atoms with Gasteiger partial charge in [-0.3, -0.25) is 4.79 Å². The molecular formula is C18H17N3O2S. The van der Waals surface area contributed by atoms with E-state index >= 15 is 0 Å². The van der Waals surface area contributed by atoms with E-state index < -0.39 is 0 Å². The number of aryl methyl sites for hydroxylation is 1. The van der Waals surface area contributed by atoms with Crippen LogP contribution in [0.5, 0.6) is 0 Å². The van der Waals surface area contributed by atoms with Gasteiger partial charge in [0.05, 0.1) is 11.9 Å². The highest BCUT2D eigenvalue weighted by atomic mass is 32.1. The molecule has 6 heteroatoms. The van der Waals surface area contributed by atoms with Gasteiger partial charge in [0.2, 0.25) is 5.91 Å². The Balaban J connectivity index is 1.31. The van der Waals surface area contributed by atoms with Crippen molar-refractivity contribution >= 4 is 22.4 Å². The summed E-state index contributed by atoms with van der Waals surface area (Å²) < 4.78 is 5.71. The summed E-state index contributed by atoms with van der Waals surface area (Å²) >= 11 is 1.49. The molecule has 4 rings (SSSR count). The highest BCUT2D eigenvalue weighted by Gasteiger charge is 2.26. The van der Waals surface area contributed by atoms with Crippen molar-refractivity contribution in [2.24, 2.45) is 0 Å². The Morgan fingerprint density at radius 1 is 1.29 bits per heavy atom. The molecule has 1 saturated carbocycles. The maximum Gasteiger partial charge on any atom is 0.226 e. The summed E-state index contributed by atoms with van der Waals surface area (Å²) in [6.45, 7) is 0. The number of hydrogen-bond donors (Lipinski definition) is 1. The van der Waals surface area contributed by atoms with E-state index in [0.29, 0.717) is 29.8 Å². The Morgan fingerprint density at radius 3 is 2.92 bits per heavy atom. The molecule has 5 nitrogen and oxygen atoms in total. The van der Waals surface area contributed by atoms with E-state index in [-0.39, 0.29) is 5.91 Å². The first-order valence-corrected chi connectivity index (χ1v) is 8.91. The Morgan fingerprint density at radius 2 is 2.12 bits per heavy atom. The van der Waals surface area contributed by atoms with Crippen molar-refractivity contribution in [2.45, 2.75) is 31.6 Å². The fraction of sp³-hybridized carbons (Fsp3) is 0.278. The third kappa shape index (κ3) is 3.54. The van der Waals surface area contributed by atoms with Crippen molar-refractivity contribution in [3.63, 3.8) is 0 Å². The van der Waals surface area contributed by atoms with Crippen LogP contribution in [-0.4, -0.2) is 15.9 Å². The zero-order chi connectivity index (χ0) is 16.4. The smallest absolute Gasteiger partial charge is 0.226 e. The number of oxazole rings is 1. The number of rotatable bonds is 6. The van der Waals surface area contributed by atoms with Crippen LogP contribution in [0.4, 0.5) is 5.13 Å². The molecule has 1 aliphatic carbocycles. The Bertz CT molecular complexity index is 837. The highest BCUT2D eigenvalue weighted by Crippen LogP contribution is 2.40. The number of nitrogens with one attached hydrogen (secondary N) is 1. The lowest BCUT2D eigenvalue weighted by Crippen LogP contribution is -2.12. The van der Waals surface area contributed by atoms with E-state index in [1.54, 1.807) is 6.20 Å². The van der Waals surface area contributed by atoms with Crippen LogP contribution in [0.25, 0.3) is 11.3 Å². The number of benzene rings is 1. The average molecular weight is 339 g/mol. The number of aromatic nitrogens is 2. The minimum Gasteiger partial charge on any atom is -0.441 e. The maximum atomic E-state index is 12.0. The largest absolute Gasteiger partial charge is 0.441 e. The van der Waals surface area contributed by atoms with Crippen LogP contribution in [0.2, 0.25) is 0 Å². The number of thiazole rings is 1. The Kier molecular flexibility index (Phi) is 4.13. The van der Waals surface area contributed by atoms with Crippen molar-refractivity contribution in [1.29, 1.82) is 0 Å². The second kappa shape index (κ2) is 6.57. The van der Waals surface area contributed by atoms with E-state index in [1.807, 2.05) is 35.7 Å². The van der Waals surface area contributed by atoms with Crippen LogP contribution in [0, 0.1) is 0 Å². The van der Waals surface area contributed by atoms with E-state index in [4.69, 9.17) is 4.42 Å². The van der Waals surface area contributed by atoms with Crippen molar-refractivity contribution in [3.8, 4) is 11.3 Å². The van der Waals surface area contributed by atoms with Gasteiger partial charge in [0.25, 0.3) is 0 Å². The van der Waals surface area contributed by atoms with Gasteiger partial charge in [-0.1, -0.05) is 30.3 Å². The first-order valence-electron chi connectivity index (χ1n) is 8.03. The predicted molar refractivity (Wildman–Crippen MR) is 93.0 cm³/mol. The molecule has 122 valence electrons. The first-order chi connectivity index (χ1) is 11.8. The van der Waals surface area contributed by atoms with Gasteiger partial charge in [-0.05, 0) is 12.8 Å². The summed E-state index contributed by atoms with van der Waals surface area (Å²) in [5.41, 5.74) is 2.09. The Hall–Kier alpha value is -2.47. The minimum absolute atomic E-state index is 0.0637. The fourth-order valence-electron chi connectivity index (χ4n) is 2.47. The quantitative estimate of drug-likeness (QED) is 0.729. The predicted octanol–water partition coefficient (Wildman–Crippen LogP) is 4.25. The highest BCUT2D eigenvalue weighted by molar-refractivity contribution is 7.13. The van der Waals surface area contributed by atoms with Gasteiger partial charge in [0.15, 0.2) is 16.8 Å². The van der Waals surface area contributed by atoms with Gasteiger partial charge in [-0.15, -0.1) is 11.3 Å². The molecule has 3 aromatic rings. The molecule has 0 bridgehead atoms. The number of anilines is 1. The molecule has 1 aromatic carbocycles. The molecule has 2 heterocycles. The SMILES string of the molecule is O=C(CCc1ncc(-c2ccccc2)o1)Nc1nc(C2CC2)cs1. The van der Waals surface area contributed by atoms with Crippen LogP contribution >= 0.6 is 11.3 Å². The maximum absolute atomic E-state index is 12.0. The summed E-state index contributed by atoms with van der Waals surface area (Å²) in [7, 11) is 0. The molecule has 0 atom stereocenters. The number of carbonyl (C=O) groups excluding carboxylic acids is 1. The van der Waals surface area contributed by atoms with E-state index in [1.165, 1.54) is 24.2 Å². The van der Waals surface area contributed by atoms with Gasteiger partial charge < -0.3 is 9.73 Å². The van der Waals surface area contributed by atoms with Crippen molar-refractivity contribution in [1.82, 2.24) is 9.97 Å². The second-order valence-corrected chi connectivity index (χ2v) is 6.74. The lowest BCUT2D eigenvalue weighted by molar-refractivity contribution is -0.116.